The molecule has 0 bridgehead atoms. The molecule has 0 aliphatic heterocycles. The Morgan fingerprint density at radius 1 is 1.40 bits per heavy atom. The summed E-state index contributed by atoms with van der Waals surface area (Å²) in [5, 5.41) is 2.97. The predicted octanol–water partition coefficient (Wildman–Crippen LogP) is 2.46. The first-order chi connectivity index (χ1) is 9.15. The third-order valence-corrected chi connectivity index (χ3v) is 3.84. The first kappa shape index (κ1) is 17.0. The van der Waals surface area contributed by atoms with Gasteiger partial charge in [0.25, 0.3) is 0 Å². The lowest BCUT2D eigenvalue weighted by Crippen LogP contribution is -2.31. The van der Waals surface area contributed by atoms with Crippen LogP contribution in [0.15, 0.2) is 24.3 Å². The van der Waals surface area contributed by atoms with Crippen LogP contribution in [0.2, 0.25) is 0 Å². The van der Waals surface area contributed by atoms with E-state index >= 15 is 0 Å². The normalized spacial score (nSPS) is 18.6. The van der Waals surface area contributed by atoms with Crippen LogP contribution in [0.1, 0.15) is 37.3 Å². The number of halogens is 1. The van der Waals surface area contributed by atoms with Crippen molar-refractivity contribution in [2.24, 2.45) is 11.7 Å². The largest absolute Gasteiger partial charge is 0.356 e. The molecule has 2 atom stereocenters. The van der Waals surface area contributed by atoms with Crippen molar-refractivity contribution in [1.82, 2.24) is 5.32 Å². The van der Waals surface area contributed by atoms with Gasteiger partial charge in [0, 0.05) is 19.0 Å². The molecule has 112 valence electrons. The Bertz CT molecular complexity index is 434. The molecule has 0 radical (unpaired) electrons. The van der Waals surface area contributed by atoms with Gasteiger partial charge in [0.15, 0.2) is 0 Å². The van der Waals surface area contributed by atoms with Gasteiger partial charge in [-0.1, -0.05) is 24.3 Å². The standard InChI is InChI=1S/C16H24N2O.ClH/c1-12(17)8-9-18-16(19)11-13-6-7-14-4-2-3-5-15(14)10-13;/h2-5,12-13H,6-11,17H2,1H3,(H,18,19);1H. The van der Waals surface area contributed by atoms with Crippen molar-refractivity contribution in [2.45, 2.75) is 45.1 Å². The molecular formula is C16H25ClN2O. The molecule has 0 fully saturated rings. The molecule has 1 aliphatic carbocycles. The molecule has 3 N–H and O–H groups in total. The number of nitrogens with two attached hydrogens (primary N) is 1. The monoisotopic (exact) mass is 296 g/mol. The van der Waals surface area contributed by atoms with Crippen LogP contribution in [0.3, 0.4) is 0 Å². The number of hydrogen-bond acceptors (Lipinski definition) is 2. The lowest BCUT2D eigenvalue weighted by molar-refractivity contribution is -0.122. The maximum Gasteiger partial charge on any atom is 0.220 e. The quantitative estimate of drug-likeness (QED) is 0.877. The molecule has 2 rings (SSSR count). The minimum absolute atomic E-state index is 0. The van der Waals surface area contributed by atoms with Gasteiger partial charge in [-0.25, -0.2) is 0 Å². The molecule has 0 saturated heterocycles. The summed E-state index contributed by atoms with van der Waals surface area (Å²) in [6, 6.07) is 8.73. The summed E-state index contributed by atoms with van der Waals surface area (Å²) in [6.45, 7) is 2.66. The number of amides is 1. The summed E-state index contributed by atoms with van der Waals surface area (Å²) < 4.78 is 0. The van der Waals surface area contributed by atoms with Crippen LogP contribution in [0, 0.1) is 5.92 Å². The third kappa shape index (κ3) is 5.14. The SMILES string of the molecule is CC(N)CCNC(=O)CC1CCc2ccccc2C1.Cl. The molecule has 20 heavy (non-hydrogen) atoms. The van der Waals surface area contributed by atoms with Gasteiger partial charge in [0.2, 0.25) is 5.91 Å². The van der Waals surface area contributed by atoms with Crippen LogP contribution in [-0.4, -0.2) is 18.5 Å². The van der Waals surface area contributed by atoms with E-state index < -0.39 is 0 Å². The van der Waals surface area contributed by atoms with Crippen LogP contribution in [0.25, 0.3) is 0 Å². The van der Waals surface area contributed by atoms with E-state index in [1.807, 2.05) is 6.92 Å². The first-order valence-electron chi connectivity index (χ1n) is 7.24. The smallest absolute Gasteiger partial charge is 0.220 e. The Balaban J connectivity index is 0.00000200. The molecule has 2 unspecified atom stereocenters. The van der Waals surface area contributed by atoms with E-state index in [0.717, 1.165) is 25.7 Å². The molecule has 3 nitrogen and oxygen atoms in total. The summed E-state index contributed by atoms with van der Waals surface area (Å²) in [5.41, 5.74) is 8.54. The number of rotatable bonds is 5. The number of nitrogens with one attached hydrogen (secondary N) is 1. The maximum absolute atomic E-state index is 11.9. The highest BCUT2D eigenvalue weighted by Crippen LogP contribution is 2.27. The fourth-order valence-electron chi connectivity index (χ4n) is 2.72. The van der Waals surface area contributed by atoms with Gasteiger partial charge in [-0.3, -0.25) is 4.79 Å². The summed E-state index contributed by atoms with van der Waals surface area (Å²) in [5.74, 6) is 0.662. The van der Waals surface area contributed by atoms with Gasteiger partial charge in [-0.05, 0) is 49.7 Å². The molecule has 4 heteroatoms. The highest BCUT2D eigenvalue weighted by Gasteiger charge is 2.20. The summed E-state index contributed by atoms with van der Waals surface area (Å²) in [7, 11) is 0. The number of benzene rings is 1. The molecule has 0 saturated carbocycles. The molecule has 1 aliphatic rings. The molecule has 1 aromatic carbocycles. The van der Waals surface area contributed by atoms with Gasteiger partial charge in [-0.2, -0.15) is 0 Å². The summed E-state index contributed by atoms with van der Waals surface area (Å²) in [6.07, 6.45) is 4.76. The van der Waals surface area contributed by atoms with E-state index in [2.05, 4.69) is 29.6 Å². The second kappa shape index (κ2) is 8.28. The van der Waals surface area contributed by atoms with Crippen molar-refractivity contribution >= 4 is 18.3 Å². The van der Waals surface area contributed by atoms with Crippen molar-refractivity contribution in [1.29, 1.82) is 0 Å². The van der Waals surface area contributed by atoms with E-state index in [0.29, 0.717) is 18.9 Å². The maximum atomic E-state index is 11.9. The molecule has 1 amide bonds. The second-order valence-electron chi connectivity index (χ2n) is 5.70. The fraction of sp³-hybridized carbons (Fsp3) is 0.562. The molecular weight excluding hydrogens is 272 g/mol. The van der Waals surface area contributed by atoms with Gasteiger partial charge in [0.05, 0.1) is 0 Å². The number of hydrogen-bond donors (Lipinski definition) is 2. The zero-order valence-corrected chi connectivity index (χ0v) is 12.9. The van der Waals surface area contributed by atoms with Crippen LogP contribution in [-0.2, 0) is 17.6 Å². The summed E-state index contributed by atoms with van der Waals surface area (Å²) >= 11 is 0. The van der Waals surface area contributed by atoms with Crippen molar-refractivity contribution in [3.8, 4) is 0 Å². The molecule has 0 aromatic heterocycles. The predicted molar refractivity (Wildman–Crippen MR) is 85.1 cm³/mol. The average Bonchev–Trinajstić information content (AvgIpc) is 2.38. The van der Waals surface area contributed by atoms with E-state index in [-0.39, 0.29) is 24.4 Å². The van der Waals surface area contributed by atoms with Crippen molar-refractivity contribution in [2.75, 3.05) is 6.54 Å². The summed E-state index contributed by atoms with van der Waals surface area (Å²) in [4.78, 5) is 11.9. The fourth-order valence-corrected chi connectivity index (χ4v) is 2.72. The van der Waals surface area contributed by atoms with E-state index in [4.69, 9.17) is 5.73 Å². The highest BCUT2D eigenvalue weighted by molar-refractivity contribution is 5.85. The Morgan fingerprint density at radius 2 is 2.10 bits per heavy atom. The van der Waals surface area contributed by atoms with Crippen LogP contribution < -0.4 is 11.1 Å². The number of fused-ring (bicyclic) bond motifs is 1. The van der Waals surface area contributed by atoms with Gasteiger partial charge in [0.1, 0.15) is 0 Å². The Hall–Kier alpha value is -1.06. The lowest BCUT2D eigenvalue weighted by atomic mass is 9.82. The van der Waals surface area contributed by atoms with Gasteiger partial charge < -0.3 is 11.1 Å². The highest BCUT2D eigenvalue weighted by atomic mass is 35.5. The van der Waals surface area contributed by atoms with E-state index in [9.17, 15) is 4.79 Å². The van der Waals surface area contributed by atoms with Crippen molar-refractivity contribution in [3.63, 3.8) is 0 Å². The number of carbonyl (C=O) groups excluding carboxylic acids is 1. The average molecular weight is 297 g/mol. The zero-order chi connectivity index (χ0) is 13.7. The zero-order valence-electron chi connectivity index (χ0n) is 12.1. The minimum Gasteiger partial charge on any atom is -0.356 e. The Morgan fingerprint density at radius 3 is 2.80 bits per heavy atom. The van der Waals surface area contributed by atoms with E-state index in [1.165, 1.54) is 11.1 Å². The topological polar surface area (TPSA) is 55.1 Å². The molecule has 0 heterocycles. The number of carbonyl (C=O) groups is 1. The first-order valence-corrected chi connectivity index (χ1v) is 7.24. The Labute approximate surface area is 127 Å². The Kier molecular flexibility index (Phi) is 7.03. The van der Waals surface area contributed by atoms with Gasteiger partial charge >= 0.3 is 0 Å². The minimum atomic E-state index is 0. The lowest BCUT2D eigenvalue weighted by Gasteiger charge is -2.24. The van der Waals surface area contributed by atoms with Crippen molar-refractivity contribution in [3.05, 3.63) is 35.4 Å². The van der Waals surface area contributed by atoms with E-state index in [1.54, 1.807) is 0 Å². The third-order valence-electron chi connectivity index (χ3n) is 3.84. The molecule has 0 spiro atoms. The molecule has 1 aromatic rings. The van der Waals surface area contributed by atoms with Crippen LogP contribution >= 0.6 is 12.4 Å². The van der Waals surface area contributed by atoms with Crippen LogP contribution in [0.4, 0.5) is 0 Å². The second-order valence-corrected chi connectivity index (χ2v) is 5.70. The van der Waals surface area contributed by atoms with Crippen molar-refractivity contribution < 1.29 is 4.79 Å². The number of aryl methyl sites for hydroxylation is 1. The van der Waals surface area contributed by atoms with Gasteiger partial charge in [-0.15, -0.1) is 12.4 Å². The van der Waals surface area contributed by atoms with Crippen LogP contribution in [0.5, 0.6) is 0 Å².